The van der Waals surface area contributed by atoms with Crippen LogP contribution in [0.1, 0.15) is 24.8 Å². The molecule has 0 saturated carbocycles. The van der Waals surface area contributed by atoms with Gasteiger partial charge in [-0.25, -0.2) is 4.39 Å². The number of amides is 1. The fourth-order valence-electron chi connectivity index (χ4n) is 3.16. The zero-order chi connectivity index (χ0) is 16.3. The van der Waals surface area contributed by atoms with Gasteiger partial charge in [-0.2, -0.15) is 0 Å². The van der Waals surface area contributed by atoms with Crippen LogP contribution in [0.2, 0.25) is 0 Å². The molecule has 3 rings (SSSR count). The SMILES string of the molecule is COc1ccc(CCC(=O)N2CCC3(CC2)OCCO3)cc1F. The molecule has 2 saturated heterocycles. The summed E-state index contributed by atoms with van der Waals surface area (Å²) < 4.78 is 29.9. The van der Waals surface area contributed by atoms with Gasteiger partial charge in [-0.05, 0) is 24.1 Å². The first-order valence-electron chi connectivity index (χ1n) is 8.00. The molecular weight excluding hydrogens is 301 g/mol. The molecule has 0 radical (unpaired) electrons. The van der Waals surface area contributed by atoms with E-state index >= 15 is 0 Å². The van der Waals surface area contributed by atoms with Crippen molar-refractivity contribution in [3.05, 3.63) is 29.6 Å². The van der Waals surface area contributed by atoms with E-state index in [1.165, 1.54) is 13.2 Å². The Morgan fingerprint density at radius 3 is 2.61 bits per heavy atom. The van der Waals surface area contributed by atoms with Crippen LogP contribution in [0.15, 0.2) is 18.2 Å². The number of ether oxygens (including phenoxy) is 3. The van der Waals surface area contributed by atoms with Gasteiger partial charge < -0.3 is 19.1 Å². The van der Waals surface area contributed by atoms with Crippen LogP contribution in [0.5, 0.6) is 5.75 Å². The smallest absolute Gasteiger partial charge is 0.222 e. The number of carbonyl (C=O) groups is 1. The Labute approximate surface area is 135 Å². The maximum Gasteiger partial charge on any atom is 0.222 e. The summed E-state index contributed by atoms with van der Waals surface area (Å²) in [6.45, 7) is 2.57. The highest BCUT2D eigenvalue weighted by Crippen LogP contribution is 2.31. The van der Waals surface area contributed by atoms with Gasteiger partial charge in [0.1, 0.15) is 0 Å². The Hall–Kier alpha value is -1.66. The lowest BCUT2D eigenvalue weighted by Gasteiger charge is -2.37. The van der Waals surface area contributed by atoms with Crippen molar-refractivity contribution in [2.75, 3.05) is 33.4 Å². The molecule has 0 N–H and O–H groups in total. The molecule has 6 heteroatoms. The Morgan fingerprint density at radius 2 is 2.00 bits per heavy atom. The molecule has 1 amide bonds. The number of methoxy groups -OCH3 is 1. The van der Waals surface area contributed by atoms with E-state index < -0.39 is 11.6 Å². The minimum absolute atomic E-state index is 0.0917. The lowest BCUT2D eigenvalue weighted by molar-refractivity contribution is -0.187. The molecule has 2 aliphatic rings. The maximum atomic E-state index is 13.7. The van der Waals surface area contributed by atoms with Gasteiger partial charge in [-0.3, -0.25) is 4.79 Å². The van der Waals surface area contributed by atoms with Crippen LogP contribution in [0.4, 0.5) is 4.39 Å². The predicted octanol–water partition coefficient (Wildman–Crippen LogP) is 2.13. The molecule has 5 nitrogen and oxygen atoms in total. The van der Waals surface area contributed by atoms with E-state index in [2.05, 4.69) is 0 Å². The highest BCUT2D eigenvalue weighted by Gasteiger charge is 2.40. The number of halogens is 1. The molecule has 0 unspecified atom stereocenters. The van der Waals surface area contributed by atoms with Crippen molar-refractivity contribution in [1.82, 2.24) is 4.90 Å². The van der Waals surface area contributed by atoms with Gasteiger partial charge in [0.05, 0.1) is 20.3 Å². The summed E-state index contributed by atoms with van der Waals surface area (Å²) in [5.74, 6) is -0.546. The van der Waals surface area contributed by atoms with E-state index in [1.54, 1.807) is 12.1 Å². The van der Waals surface area contributed by atoms with Crippen molar-refractivity contribution in [2.45, 2.75) is 31.5 Å². The highest BCUT2D eigenvalue weighted by atomic mass is 19.1. The molecule has 2 aliphatic heterocycles. The Balaban J connectivity index is 1.49. The van der Waals surface area contributed by atoms with Crippen LogP contribution in [0.3, 0.4) is 0 Å². The molecular formula is C17H22FNO4. The van der Waals surface area contributed by atoms with Crippen LogP contribution in [-0.2, 0) is 20.7 Å². The summed E-state index contributed by atoms with van der Waals surface area (Å²) in [4.78, 5) is 14.2. The van der Waals surface area contributed by atoms with Crippen LogP contribution in [0, 0.1) is 5.82 Å². The fraction of sp³-hybridized carbons (Fsp3) is 0.588. The number of likely N-dealkylation sites (tertiary alicyclic amines) is 1. The number of nitrogens with zero attached hydrogens (tertiary/aromatic N) is 1. The van der Waals surface area contributed by atoms with Crippen molar-refractivity contribution in [1.29, 1.82) is 0 Å². The zero-order valence-electron chi connectivity index (χ0n) is 13.3. The number of piperidine rings is 1. The minimum atomic E-state index is -0.462. The second kappa shape index (κ2) is 6.84. The summed E-state index contributed by atoms with van der Waals surface area (Å²) in [5, 5.41) is 0. The second-order valence-corrected chi connectivity index (χ2v) is 5.96. The second-order valence-electron chi connectivity index (χ2n) is 5.96. The molecule has 1 aromatic carbocycles. The Bertz CT molecular complexity index is 562. The summed E-state index contributed by atoms with van der Waals surface area (Å²) in [6.07, 6.45) is 2.33. The van der Waals surface area contributed by atoms with Gasteiger partial charge in [-0.15, -0.1) is 0 Å². The van der Waals surface area contributed by atoms with E-state index in [1.807, 2.05) is 4.90 Å². The highest BCUT2D eigenvalue weighted by molar-refractivity contribution is 5.76. The van der Waals surface area contributed by atoms with Crippen molar-refractivity contribution < 1.29 is 23.4 Å². The monoisotopic (exact) mass is 323 g/mol. The molecule has 1 aromatic rings. The van der Waals surface area contributed by atoms with Gasteiger partial charge in [0.2, 0.25) is 5.91 Å². The van der Waals surface area contributed by atoms with Gasteiger partial charge in [0, 0.05) is 32.4 Å². The predicted molar refractivity (Wildman–Crippen MR) is 81.7 cm³/mol. The molecule has 2 fully saturated rings. The number of aryl methyl sites for hydroxylation is 1. The first-order valence-corrected chi connectivity index (χ1v) is 8.00. The van der Waals surface area contributed by atoms with E-state index in [0.717, 1.165) is 18.4 Å². The summed E-state index contributed by atoms with van der Waals surface area (Å²) in [7, 11) is 1.43. The third kappa shape index (κ3) is 3.64. The van der Waals surface area contributed by atoms with Gasteiger partial charge >= 0.3 is 0 Å². The molecule has 126 valence electrons. The normalized spacial score (nSPS) is 20.0. The number of hydrogen-bond donors (Lipinski definition) is 0. The van der Waals surface area contributed by atoms with Gasteiger partial charge in [0.25, 0.3) is 0 Å². The topological polar surface area (TPSA) is 48.0 Å². The lowest BCUT2D eigenvalue weighted by atomic mass is 10.0. The van der Waals surface area contributed by atoms with Crippen molar-refractivity contribution in [2.24, 2.45) is 0 Å². The molecule has 1 spiro atoms. The Kier molecular flexibility index (Phi) is 4.82. The number of benzene rings is 1. The summed E-state index contributed by atoms with van der Waals surface area (Å²) >= 11 is 0. The summed E-state index contributed by atoms with van der Waals surface area (Å²) in [6, 6.07) is 4.81. The van der Waals surface area contributed by atoms with Crippen molar-refractivity contribution >= 4 is 5.91 Å². The third-order valence-electron chi connectivity index (χ3n) is 4.54. The zero-order valence-corrected chi connectivity index (χ0v) is 13.3. The number of hydrogen-bond acceptors (Lipinski definition) is 4. The van der Waals surface area contributed by atoms with Crippen LogP contribution < -0.4 is 4.74 Å². The fourth-order valence-corrected chi connectivity index (χ4v) is 3.16. The average Bonchev–Trinajstić information content (AvgIpc) is 3.01. The van der Waals surface area contributed by atoms with E-state index in [9.17, 15) is 9.18 Å². The summed E-state index contributed by atoms with van der Waals surface area (Å²) in [5.41, 5.74) is 0.799. The average molecular weight is 323 g/mol. The van der Waals surface area contributed by atoms with E-state index in [0.29, 0.717) is 39.1 Å². The molecule has 0 aromatic heterocycles. The van der Waals surface area contributed by atoms with Gasteiger partial charge in [0.15, 0.2) is 17.4 Å². The molecule has 2 heterocycles. The molecule has 0 bridgehead atoms. The first-order chi connectivity index (χ1) is 11.1. The molecule has 0 atom stereocenters. The molecule has 0 aliphatic carbocycles. The molecule has 23 heavy (non-hydrogen) atoms. The minimum Gasteiger partial charge on any atom is -0.494 e. The first kappa shape index (κ1) is 16.2. The lowest BCUT2D eigenvalue weighted by Crippen LogP contribution is -2.47. The largest absolute Gasteiger partial charge is 0.494 e. The van der Waals surface area contributed by atoms with Crippen molar-refractivity contribution in [3.8, 4) is 5.75 Å². The number of carbonyl (C=O) groups excluding carboxylic acids is 1. The Morgan fingerprint density at radius 1 is 1.30 bits per heavy atom. The van der Waals surface area contributed by atoms with Gasteiger partial charge in [-0.1, -0.05) is 6.07 Å². The quantitative estimate of drug-likeness (QED) is 0.852. The van der Waals surface area contributed by atoms with Crippen LogP contribution in [-0.4, -0.2) is 50.0 Å². The van der Waals surface area contributed by atoms with E-state index in [4.69, 9.17) is 14.2 Å². The van der Waals surface area contributed by atoms with E-state index in [-0.39, 0.29) is 11.7 Å². The third-order valence-corrected chi connectivity index (χ3v) is 4.54. The van der Waals surface area contributed by atoms with Crippen LogP contribution in [0.25, 0.3) is 0 Å². The van der Waals surface area contributed by atoms with Crippen LogP contribution >= 0.6 is 0 Å². The number of rotatable bonds is 4. The standard InChI is InChI=1S/C17H22FNO4/c1-21-15-4-2-13(12-14(15)18)3-5-16(20)19-8-6-17(7-9-19)22-10-11-23-17/h2,4,12H,3,5-11H2,1H3. The maximum absolute atomic E-state index is 13.7. The van der Waals surface area contributed by atoms with Crippen molar-refractivity contribution in [3.63, 3.8) is 0 Å².